The van der Waals surface area contributed by atoms with E-state index in [0.29, 0.717) is 5.41 Å². The molecule has 1 saturated heterocycles. The van der Waals surface area contributed by atoms with Gasteiger partial charge in [0.15, 0.2) is 0 Å². The van der Waals surface area contributed by atoms with Gasteiger partial charge in [-0.15, -0.1) is 0 Å². The van der Waals surface area contributed by atoms with Gasteiger partial charge in [0, 0.05) is 37.2 Å². The first-order valence-corrected chi connectivity index (χ1v) is 8.70. The lowest BCUT2D eigenvalue weighted by Gasteiger charge is -2.41. The zero-order valence-electron chi connectivity index (χ0n) is 13.4. The van der Waals surface area contributed by atoms with Gasteiger partial charge in [-0.2, -0.15) is 0 Å². The first kappa shape index (κ1) is 14.8. The molecule has 3 unspecified atom stereocenters. The summed E-state index contributed by atoms with van der Waals surface area (Å²) < 4.78 is 5.76. The predicted molar refractivity (Wildman–Crippen MR) is 82.9 cm³/mol. The molecule has 0 bridgehead atoms. The van der Waals surface area contributed by atoms with Crippen molar-refractivity contribution in [1.29, 1.82) is 0 Å². The minimum atomic E-state index is 0.370. The second-order valence-corrected chi connectivity index (χ2v) is 7.70. The summed E-state index contributed by atoms with van der Waals surface area (Å²) in [6.07, 6.45) is 9.66. The van der Waals surface area contributed by atoms with Crippen LogP contribution in [0.1, 0.15) is 51.9 Å². The number of rotatable bonds is 6. The van der Waals surface area contributed by atoms with E-state index < -0.39 is 0 Å². The smallest absolute Gasteiger partial charge is 0.0547 e. The fourth-order valence-corrected chi connectivity index (χ4v) is 4.22. The third-order valence-corrected chi connectivity index (χ3v) is 5.75. The summed E-state index contributed by atoms with van der Waals surface area (Å²) >= 11 is 0. The number of nitrogens with zero attached hydrogens (tertiary/aromatic N) is 1. The standard InChI is InChI=1S/C17H32N2O/c1-14-5-3-4-6-16(14)19(2)12-17(9-10-20-13-17)11-18-15-7-8-15/h14-16,18H,3-13H2,1-2H3. The maximum absolute atomic E-state index is 5.76. The minimum absolute atomic E-state index is 0.370. The molecule has 1 N–H and O–H groups in total. The van der Waals surface area contributed by atoms with Crippen molar-refractivity contribution < 1.29 is 4.74 Å². The Bertz CT molecular complexity index is 310. The maximum atomic E-state index is 5.76. The molecule has 3 heteroatoms. The van der Waals surface area contributed by atoms with Gasteiger partial charge in [-0.3, -0.25) is 0 Å². The van der Waals surface area contributed by atoms with E-state index in [-0.39, 0.29) is 0 Å². The fraction of sp³-hybridized carbons (Fsp3) is 1.00. The van der Waals surface area contributed by atoms with E-state index in [1.807, 2.05) is 0 Å². The van der Waals surface area contributed by atoms with E-state index in [2.05, 4.69) is 24.2 Å². The van der Waals surface area contributed by atoms with Crippen LogP contribution < -0.4 is 5.32 Å². The molecule has 3 nitrogen and oxygen atoms in total. The molecule has 2 aliphatic carbocycles. The van der Waals surface area contributed by atoms with Crippen molar-refractivity contribution in [2.75, 3.05) is 33.4 Å². The number of nitrogens with one attached hydrogen (secondary N) is 1. The molecule has 1 aliphatic heterocycles. The molecule has 3 atom stereocenters. The molecule has 0 aromatic heterocycles. The normalized spacial score (nSPS) is 38.5. The van der Waals surface area contributed by atoms with Crippen LogP contribution in [0.5, 0.6) is 0 Å². The second kappa shape index (κ2) is 6.33. The highest BCUT2D eigenvalue weighted by Gasteiger charge is 2.39. The molecular weight excluding hydrogens is 248 g/mol. The topological polar surface area (TPSA) is 24.5 Å². The van der Waals surface area contributed by atoms with Gasteiger partial charge < -0.3 is 15.0 Å². The van der Waals surface area contributed by atoms with Gasteiger partial charge in [0.25, 0.3) is 0 Å². The minimum Gasteiger partial charge on any atom is -0.381 e. The van der Waals surface area contributed by atoms with Crippen LogP contribution in [0, 0.1) is 11.3 Å². The Morgan fingerprint density at radius 1 is 1.20 bits per heavy atom. The van der Waals surface area contributed by atoms with Gasteiger partial charge in [0.05, 0.1) is 6.61 Å². The van der Waals surface area contributed by atoms with Crippen LogP contribution in [-0.4, -0.2) is 50.3 Å². The summed E-state index contributed by atoms with van der Waals surface area (Å²) in [6.45, 7) is 6.73. The molecule has 3 aliphatic rings. The summed E-state index contributed by atoms with van der Waals surface area (Å²) in [5.41, 5.74) is 0.370. The second-order valence-electron chi connectivity index (χ2n) is 7.70. The lowest BCUT2D eigenvalue weighted by Crippen LogP contribution is -2.49. The molecule has 0 amide bonds. The quantitative estimate of drug-likeness (QED) is 0.809. The molecule has 0 radical (unpaired) electrons. The third kappa shape index (κ3) is 3.55. The highest BCUT2D eigenvalue weighted by Crippen LogP contribution is 2.34. The molecule has 20 heavy (non-hydrogen) atoms. The Morgan fingerprint density at radius 3 is 2.65 bits per heavy atom. The van der Waals surface area contributed by atoms with Crippen molar-refractivity contribution in [3.05, 3.63) is 0 Å². The van der Waals surface area contributed by atoms with E-state index in [4.69, 9.17) is 4.74 Å². The van der Waals surface area contributed by atoms with Crippen LogP contribution in [0.3, 0.4) is 0 Å². The Labute approximate surface area is 124 Å². The van der Waals surface area contributed by atoms with E-state index in [1.54, 1.807) is 0 Å². The SMILES string of the molecule is CC1CCCCC1N(C)CC1(CNC2CC2)CCOC1. The Kier molecular flexibility index (Phi) is 4.68. The lowest BCUT2D eigenvalue weighted by molar-refractivity contribution is 0.0693. The van der Waals surface area contributed by atoms with Gasteiger partial charge >= 0.3 is 0 Å². The van der Waals surface area contributed by atoms with Gasteiger partial charge in [0.1, 0.15) is 0 Å². The van der Waals surface area contributed by atoms with Crippen LogP contribution in [-0.2, 0) is 4.74 Å². The van der Waals surface area contributed by atoms with Crippen molar-refractivity contribution in [3.63, 3.8) is 0 Å². The van der Waals surface area contributed by atoms with Crippen LogP contribution in [0.2, 0.25) is 0 Å². The van der Waals surface area contributed by atoms with Crippen molar-refractivity contribution in [2.24, 2.45) is 11.3 Å². The summed E-state index contributed by atoms with van der Waals surface area (Å²) in [4.78, 5) is 2.66. The average molecular weight is 280 g/mol. The molecular formula is C17H32N2O. The first-order valence-electron chi connectivity index (χ1n) is 8.70. The van der Waals surface area contributed by atoms with Gasteiger partial charge in [-0.1, -0.05) is 19.8 Å². The Balaban J connectivity index is 1.56. The van der Waals surface area contributed by atoms with Gasteiger partial charge in [0.2, 0.25) is 0 Å². The van der Waals surface area contributed by atoms with Gasteiger partial charge in [-0.05, 0) is 45.1 Å². The van der Waals surface area contributed by atoms with Crippen molar-refractivity contribution in [3.8, 4) is 0 Å². The van der Waals surface area contributed by atoms with Crippen molar-refractivity contribution in [2.45, 2.75) is 64.0 Å². The van der Waals surface area contributed by atoms with Crippen LogP contribution in [0.25, 0.3) is 0 Å². The van der Waals surface area contributed by atoms with Crippen molar-refractivity contribution in [1.82, 2.24) is 10.2 Å². The number of hydrogen-bond donors (Lipinski definition) is 1. The molecule has 3 fully saturated rings. The molecule has 0 spiro atoms. The zero-order chi connectivity index (χ0) is 14.0. The molecule has 0 aromatic rings. The molecule has 116 valence electrons. The van der Waals surface area contributed by atoms with E-state index in [0.717, 1.165) is 37.8 Å². The fourth-order valence-electron chi connectivity index (χ4n) is 4.22. The zero-order valence-corrected chi connectivity index (χ0v) is 13.4. The van der Waals surface area contributed by atoms with E-state index >= 15 is 0 Å². The number of ether oxygens (including phenoxy) is 1. The summed E-state index contributed by atoms with van der Waals surface area (Å²) in [5, 5.41) is 3.75. The summed E-state index contributed by atoms with van der Waals surface area (Å²) in [6, 6.07) is 1.61. The molecule has 3 rings (SSSR count). The Hall–Kier alpha value is -0.120. The number of hydrogen-bond acceptors (Lipinski definition) is 3. The Morgan fingerprint density at radius 2 is 2.00 bits per heavy atom. The van der Waals surface area contributed by atoms with Crippen LogP contribution in [0.15, 0.2) is 0 Å². The largest absolute Gasteiger partial charge is 0.381 e. The lowest BCUT2D eigenvalue weighted by atomic mass is 9.82. The molecule has 0 aromatic carbocycles. The predicted octanol–water partition coefficient (Wildman–Crippen LogP) is 2.66. The highest BCUT2D eigenvalue weighted by atomic mass is 16.5. The van der Waals surface area contributed by atoms with Crippen molar-refractivity contribution >= 4 is 0 Å². The molecule has 2 saturated carbocycles. The van der Waals surface area contributed by atoms with E-state index in [1.165, 1.54) is 51.5 Å². The average Bonchev–Trinajstić information content (AvgIpc) is 3.17. The van der Waals surface area contributed by atoms with Crippen LogP contribution >= 0.6 is 0 Å². The monoisotopic (exact) mass is 280 g/mol. The maximum Gasteiger partial charge on any atom is 0.0547 e. The summed E-state index contributed by atoms with van der Waals surface area (Å²) in [7, 11) is 2.35. The van der Waals surface area contributed by atoms with Gasteiger partial charge in [-0.25, -0.2) is 0 Å². The van der Waals surface area contributed by atoms with E-state index in [9.17, 15) is 0 Å². The van der Waals surface area contributed by atoms with Crippen LogP contribution in [0.4, 0.5) is 0 Å². The first-order chi connectivity index (χ1) is 9.69. The summed E-state index contributed by atoms with van der Waals surface area (Å²) in [5.74, 6) is 0.865. The molecule has 1 heterocycles. The highest BCUT2D eigenvalue weighted by molar-refractivity contribution is 4.93. The third-order valence-electron chi connectivity index (χ3n) is 5.75.